The molecule has 0 aliphatic heterocycles. The molecule has 0 N–H and O–H groups in total. The van der Waals surface area contributed by atoms with E-state index in [-0.39, 0.29) is 0 Å². The maximum Gasteiger partial charge on any atom is 0.0541 e. The quantitative estimate of drug-likeness (QED) is 0.147. The highest BCUT2D eigenvalue weighted by molar-refractivity contribution is 7.26. The van der Waals surface area contributed by atoms with E-state index in [4.69, 9.17) is 0 Å². The molecule has 0 aliphatic carbocycles. The van der Waals surface area contributed by atoms with Crippen molar-refractivity contribution in [3.8, 4) is 61.3 Å². The fourth-order valence-electron chi connectivity index (χ4n) is 10.3. The first-order valence-electron chi connectivity index (χ1n) is 22.0. The van der Waals surface area contributed by atoms with Crippen molar-refractivity contribution in [1.29, 1.82) is 0 Å². The molecule has 0 spiro atoms. The fourth-order valence-corrected chi connectivity index (χ4v) is 11.7. The van der Waals surface area contributed by atoms with Crippen molar-refractivity contribution in [2.75, 3.05) is 0 Å². The van der Waals surface area contributed by atoms with Crippen LogP contribution < -0.4 is 0 Å². The average molecular weight is 830 g/mol. The molecule has 2 heteroatoms. The molecule has 2 heterocycles. The Morgan fingerprint density at radius 3 is 1.28 bits per heavy atom. The van der Waals surface area contributed by atoms with Gasteiger partial charge in [-0.3, -0.25) is 0 Å². The van der Waals surface area contributed by atoms with Gasteiger partial charge in [0.15, 0.2) is 0 Å². The Bertz CT molecular complexity index is 3870. The van der Waals surface area contributed by atoms with Gasteiger partial charge in [-0.25, -0.2) is 0 Å². The van der Waals surface area contributed by atoms with Crippen molar-refractivity contribution in [1.82, 2.24) is 4.57 Å². The van der Waals surface area contributed by atoms with E-state index >= 15 is 0 Å². The van der Waals surface area contributed by atoms with E-state index in [9.17, 15) is 0 Å². The molecule has 1 nitrogen and oxygen atoms in total. The Morgan fingerprint density at radius 1 is 0.250 bits per heavy atom. The molecule has 64 heavy (non-hydrogen) atoms. The summed E-state index contributed by atoms with van der Waals surface area (Å²) in [4.78, 5) is 0. The number of aromatic nitrogens is 1. The summed E-state index contributed by atoms with van der Waals surface area (Å²) in [5.41, 5.74) is 16.0. The van der Waals surface area contributed by atoms with Crippen molar-refractivity contribution in [3.63, 3.8) is 0 Å². The number of nitrogens with zero attached hydrogens (tertiary/aromatic N) is 1. The number of hydrogen-bond acceptors (Lipinski definition) is 1. The standard InChI is InChI=1S/C62H39NS/c1-3-16-40(17-4-1)43-20-13-21-44(38-43)47-27-14-29-54-55-30-15-28-48(62(55)64-61(47)54)45-34-37-58-56(39-45)49-22-11-12-31-57(49)63(58)46-35-32-42(33-36-46)60-52-25-9-7-23-50(52)59(41-18-5-2-6-19-41)51-24-8-10-26-53(51)60/h1-39H. The Morgan fingerprint density at radius 2 is 0.672 bits per heavy atom. The third-order valence-corrected chi connectivity index (χ3v) is 14.5. The molecule has 0 unspecified atom stereocenters. The summed E-state index contributed by atoms with van der Waals surface area (Å²) in [5, 5.41) is 10.2. The number of fused-ring (bicyclic) bond motifs is 8. The number of thiophene rings is 1. The topological polar surface area (TPSA) is 4.93 Å². The Labute approximate surface area is 375 Å². The van der Waals surface area contributed by atoms with Crippen molar-refractivity contribution < 1.29 is 0 Å². The van der Waals surface area contributed by atoms with Crippen LogP contribution in [-0.2, 0) is 0 Å². The van der Waals surface area contributed by atoms with Gasteiger partial charge in [-0.05, 0) is 114 Å². The van der Waals surface area contributed by atoms with Crippen LogP contribution in [0.25, 0.3) is 125 Å². The highest BCUT2D eigenvalue weighted by Gasteiger charge is 2.19. The SMILES string of the molecule is c1ccc(-c2cccc(-c3cccc4c3sc3c(-c5ccc6c(c5)c5ccccc5n6-c5ccc(-c6c7ccccc7c(-c7ccccc7)c7ccccc67)cc5)cccc34)c2)cc1. The molecule has 0 amide bonds. The van der Waals surface area contributed by atoms with E-state index < -0.39 is 0 Å². The number of rotatable bonds is 6. The maximum atomic E-state index is 2.43. The van der Waals surface area contributed by atoms with Gasteiger partial charge in [0, 0.05) is 36.6 Å². The predicted octanol–water partition coefficient (Wildman–Crippen LogP) is 17.8. The van der Waals surface area contributed by atoms with Crippen LogP contribution in [0.1, 0.15) is 0 Å². The highest BCUT2D eigenvalue weighted by Crippen LogP contribution is 2.47. The van der Waals surface area contributed by atoms with Crippen LogP contribution in [0.5, 0.6) is 0 Å². The first kappa shape index (κ1) is 36.6. The van der Waals surface area contributed by atoms with Gasteiger partial charge in [0.2, 0.25) is 0 Å². The van der Waals surface area contributed by atoms with Gasteiger partial charge in [0.25, 0.3) is 0 Å². The number of hydrogen-bond donors (Lipinski definition) is 0. The predicted molar refractivity (Wildman–Crippen MR) is 276 cm³/mol. The smallest absolute Gasteiger partial charge is 0.0541 e. The summed E-state index contributed by atoms with van der Waals surface area (Å²) in [7, 11) is 0. The molecular weight excluding hydrogens is 791 g/mol. The van der Waals surface area contributed by atoms with Crippen molar-refractivity contribution in [2.45, 2.75) is 0 Å². The van der Waals surface area contributed by atoms with Crippen LogP contribution in [-0.4, -0.2) is 4.57 Å². The van der Waals surface area contributed by atoms with Gasteiger partial charge in [-0.2, -0.15) is 0 Å². The summed E-state index contributed by atoms with van der Waals surface area (Å²) in [6.45, 7) is 0. The van der Waals surface area contributed by atoms with Gasteiger partial charge in [0.1, 0.15) is 0 Å². The van der Waals surface area contributed by atoms with Crippen LogP contribution in [0.4, 0.5) is 0 Å². The van der Waals surface area contributed by atoms with E-state index in [1.165, 1.54) is 119 Å². The zero-order valence-corrected chi connectivity index (χ0v) is 35.7. The minimum Gasteiger partial charge on any atom is -0.309 e. The minimum atomic E-state index is 1.15. The lowest BCUT2D eigenvalue weighted by atomic mass is 9.86. The second-order valence-electron chi connectivity index (χ2n) is 16.8. The lowest BCUT2D eigenvalue weighted by Gasteiger charge is -2.18. The summed E-state index contributed by atoms with van der Waals surface area (Å²) in [6.07, 6.45) is 0. The van der Waals surface area contributed by atoms with E-state index in [0.29, 0.717) is 0 Å². The van der Waals surface area contributed by atoms with E-state index in [0.717, 1.165) is 5.69 Å². The molecule has 0 saturated heterocycles. The van der Waals surface area contributed by atoms with Crippen LogP contribution in [0.15, 0.2) is 237 Å². The second-order valence-corrected chi connectivity index (χ2v) is 17.8. The fraction of sp³-hybridized carbons (Fsp3) is 0. The number of benzene rings is 11. The van der Waals surface area contributed by atoms with E-state index in [1.807, 2.05) is 11.3 Å². The summed E-state index contributed by atoms with van der Waals surface area (Å²) in [5.74, 6) is 0. The maximum absolute atomic E-state index is 2.43. The zero-order valence-electron chi connectivity index (χ0n) is 34.9. The van der Waals surface area contributed by atoms with Crippen LogP contribution in [0.3, 0.4) is 0 Å². The van der Waals surface area contributed by atoms with E-state index in [1.54, 1.807) is 0 Å². The summed E-state index contributed by atoms with van der Waals surface area (Å²) >= 11 is 1.91. The van der Waals surface area contributed by atoms with Gasteiger partial charge in [-0.15, -0.1) is 11.3 Å². The Hall–Kier alpha value is -8.04. The first-order chi connectivity index (χ1) is 31.8. The molecule has 2 aromatic heterocycles. The molecule has 298 valence electrons. The average Bonchev–Trinajstić information content (AvgIpc) is 3.92. The molecule has 0 saturated carbocycles. The summed E-state index contributed by atoms with van der Waals surface area (Å²) < 4.78 is 5.08. The third-order valence-electron chi connectivity index (χ3n) is 13.2. The molecular formula is C62H39NS. The Kier molecular flexibility index (Phi) is 8.47. The lowest BCUT2D eigenvalue weighted by molar-refractivity contribution is 1.18. The molecule has 11 aromatic carbocycles. The van der Waals surface area contributed by atoms with Crippen LogP contribution in [0.2, 0.25) is 0 Å². The molecule has 0 aliphatic rings. The van der Waals surface area contributed by atoms with E-state index in [2.05, 4.69) is 241 Å². The molecule has 0 fully saturated rings. The lowest BCUT2D eigenvalue weighted by Crippen LogP contribution is -1.94. The Balaban J connectivity index is 0.928. The molecule has 0 radical (unpaired) electrons. The zero-order chi connectivity index (χ0) is 42.1. The second kappa shape index (κ2) is 14.8. The normalized spacial score (nSPS) is 11.8. The van der Waals surface area contributed by atoms with Gasteiger partial charge >= 0.3 is 0 Å². The summed E-state index contributed by atoms with van der Waals surface area (Å²) in [6, 6.07) is 87.0. The van der Waals surface area contributed by atoms with Gasteiger partial charge < -0.3 is 4.57 Å². The third kappa shape index (κ3) is 5.77. The first-order valence-corrected chi connectivity index (χ1v) is 22.8. The molecule has 13 aromatic rings. The molecule has 0 atom stereocenters. The molecule has 0 bridgehead atoms. The highest BCUT2D eigenvalue weighted by atomic mass is 32.1. The van der Waals surface area contributed by atoms with Crippen molar-refractivity contribution in [2.24, 2.45) is 0 Å². The van der Waals surface area contributed by atoms with Crippen LogP contribution >= 0.6 is 11.3 Å². The largest absolute Gasteiger partial charge is 0.309 e. The van der Waals surface area contributed by atoms with Gasteiger partial charge in [0.05, 0.1) is 11.0 Å². The van der Waals surface area contributed by atoms with Crippen LogP contribution in [0, 0.1) is 0 Å². The number of para-hydroxylation sites is 1. The van der Waals surface area contributed by atoms with Crippen molar-refractivity contribution in [3.05, 3.63) is 237 Å². The van der Waals surface area contributed by atoms with Gasteiger partial charge in [-0.1, -0.05) is 200 Å². The monoisotopic (exact) mass is 829 g/mol. The molecule has 13 rings (SSSR count). The minimum absolute atomic E-state index is 1.15. The van der Waals surface area contributed by atoms with Crippen molar-refractivity contribution >= 4 is 74.9 Å².